The van der Waals surface area contributed by atoms with E-state index in [1.54, 1.807) is 25.0 Å². The topological polar surface area (TPSA) is 91.3 Å². The molecule has 0 radical (unpaired) electrons. The molecule has 0 aliphatic rings. The van der Waals surface area contributed by atoms with Crippen molar-refractivity contribution in [1.29, 1.82) is 0 Å². The van der Waals surface area contributed by atoms with Gasteiger partial charge in [0.25, 0.3) is 0 Å². The summed E-state index contributed by atoms with van der Waals surface area (Å²) in [5.74, 6) is 2.35. The molecule has 128 valence electrons. The number of aryl methyl sites for hydroxylation is 3. The first-order valence-electron chi connectivity index (χ1n) is 8.05. The molecule has 0 aliphatic carbocycles. The van der Waals surface area contributed by atoms with Gasteiger partial charge >= 0.3 is 0 Å². The predicted molar refractivity (Wildman–Crippen MR) is 92.9 cm³/mol. The molecule has 4 aromatic rings. The van der Waals surface area contributed by atoms with E-state index in [0.717, 1.165) is 29.4 Å². The van der Waals surface area contributed by atoms with Crippen LogP contribution in [0.5, 0.6) is 0 Å². The van der Waals surface area contributed by atoms with Crippen LogP contribution in [0.3, 0.4) is 0 Å². The van der Waals surface area contributed by atoms with E-state index in [2.05, 4.69) is 37.2 Å². The summed E-state index contributed by atoms with van der Waals surface area (Å²) in [7, 11) is 3.92. The zero-order valence-corrected chi connectivity index (χ0v) is 14.3. The second-order valence-electron chi connectivity index (χ2n) is 5.80. The number of nitrogens with one attached hydrogen (secondary N) is 1. The maximum absolute atomic E-state index is 4.49. The normalized spacial score (nSPS) is 11.5. The Labute approximate surface area is 144 Å². The molecular formula is C16H19N9. The van der Waals surface area contributed by atoms with Crippen molar-refractivity contribution < 1.29 is 0 Å². The summed E-state index contributed by atoms with van der Waals surface area (Å²) in [5.41, 5.74) is 1.54. The molecule has 9 nitrogen and oxygen atoms in total. The number of hydrogen-bond donors (Lipinski definition) is 1. The van der Waals surface area contributed by atoms with Crippen molar-refractivity contribution in [2.45, 2.75) is 19.5 Å². The Bertz CT molecular complexity index is 969. The van der Waals surface area contributed by atoms with E-state index in [1.165, 1.54) is 0 Å². The fourth-order valence-electron chi connectivity index (χ4n) is 2.91. The van der Waals surface area contributed by atoms with Crippen LogP contribution in [0.25, 0.3) is 11.2 Å². The van der Waals surface area contributed by atoms with Crippen molar-refractivity contribution in [3.63, 3.8) is 0 Å². The fourth-order valence-corrected chi connectivity index (χ4v) is 2.91. The minimum atomic E-state index is -0.259. The van der Waals surface area contributed by atoms with Crippen LogP contribution in [-0.2, 0) is 20.6 Å². The number of fused-ring (bicyclic) bond motifs is 1. The lowest BCUT2D eigenvalue weighted by molar-refractivity contribution is 0.676. The van der Waals surface area contributed by atoms with E-state index in [4.69, 9.17) is 0 Å². The minimum absolute atomic E-state index is 0.259. The molecule has 0 amide bonds. The highest BCUT2D eigenvalue weighted by Gasteiger charge is 2.24. The first kappa shape index (κ1) is 15.3. The molecule has 0 atom stereocenters. The first-order chi connectivity index (χ1) is 12.2. The molecule has 4 rings (SSSR count). The van der Waals surface area contributed by atoms with Crippen molar-refractivity contribution in [1.82, 2.24) is 38.6 Å². The van der Waals surface area contributed by atoms with Gasteiger partial charge < -0.3 is 19.0 Å². The second kappa shape index (κ2) is 6.00. The average molecular weight is 337 g/mol. The van der Waals surface area contributed by atoms with Gasteiger partial charge in [-0.05, 0) is 6.92 Å². The number of rotatable bonds is 5. The van der Waals surface area contributed by atoms with E-state index in [1.807, 2.05) is 40.2 Å². The highest BCUT2D eigenvalue weighted by atomic mass is 15.2. The van der Waals surface area contributed by atoms with Crippen molar-refractivity contribution in [2.24, 2.45) is 14.1 Å². The van der Waals surface area contributed by atoms with Crippen LogP contribution in [0.15, 0.2) is 37.4 Å². The highest BCUT2D eigenvalue weighted by Crippen LogP contribution is 2.26. The van der Waals surface area contributed by atoms with Gasteiger partial charge in [0, 0.05) is 45.4 Å². The average Bonchev–Trinajstić information content (AvgIpc) is 3.33. The maximum atomic E-state index is 4.49. The number of anilines is 1. The number of nitrogens with zero attached hydrogens (tertiary/aromatic N) is 8. The molecule has 0 saturated carbocycles. The molecule has 4 aromatic heterocycles. The van der Waals surface area contributed by atoms with Crippen LogP contribution in [-0.4, -0.2) is 38.6 Å². The Kier molecular flexibility index (Phi) is 3.68. The quantitative estimate of drug-likeness (QED) is 0.594. The third-order valence-electron chi connectivity index (χ3n) is 4.26. The summed E-state index contributed by atoms with van der Waals surface area (Å²) >= 11 is 0. The van der Waals surface area contributed by atoms with Gasteiger partial charge in [0.1, 0.15) is 29.5 Å². The lowest BCUT2D eigenvalue weighted by Crippen LogP contribution is -2.21. The third kappa shape index (κ3) is 2.53. The van der Waals surface area contributed by atoms with Crippen molar-refractivity contribution in [3.8, 4) is 0 Å². The Balaban J connectivity index is 1.81. The maximum Gasteiger partial charge on any atom is 0.165 e. The van der Waals surface area contributed by atoms with Gasteiger partial charge in [-0.1, -0.05) is 0 Å². The fraction of sp³-hybridized carbons (Fsp3) is 0.312. The molecule has 1 N–H and O–H groups in total. The van der Waals surface area contributed by atoms with Crippen LogP contribution >= 0.6 is 0 Å². The van der Waals surface area contributed by atoms with Gasteiger partial charge in [-0.2, -0.15) is 0 Å². The predicted octanol–water partition coefficient (Wildman–Crippen LogP) is 1.51. The first-order valence-corrected chi connectivity index (χ1v) is 8.05. The van der Waals surface area contributed by atoms with Crippen LogP contribution in [0.4, 0.5) is 5.82 Å². The summed E-state index contributed by atoms with van der Waals surface area (Å²) in [5, 5.41) is 3.45. The smallest absolute Gasteiger partial charge is 0.165 e. The van der Waals surface area contributed by atoms with Crippen LogP contribution in [0.2, 0.25) is 0 Å². The van der Waals surface area contributed by atoms with Gasteiger partial charge in [-0.25, -0.2) is 24.9 Å². The molecule has 0 spiro atoms. The second-order valence-corrected chi connectivity index (χ2v) is 5.80. The molecule has 0 unspecified atom stereocenters. The molecule has 0 saturated heterocycles. The van der Waals surface area contributed by atoms with Gasteiger partial charge in [-0.3, -0.25) is 0 Å². The number of hydrogen-bond acceptors (Lipinski definition) is 6. The molecule has 0 fully saturated rings. The van der Waals surface area contributed by atoms with Crippen LogP contribution in [0.1, 0.15) is 24.6 Å². The van der Waals surface area contributed by atoms with Crippen molar-refractivity contribution in [3.05, 3.63) is 49.1 Å². The Morgan fingerprint density at radius 3 is 2.20 bits per heavy atom. The van der Waals surface area contributed by atoms with Gasteiger partial charge in [0.2, 0.25) is 0 Å². The zero-order chi connectivity index (χ0) is 17.4. The van der Waals surface area contributed by atoms with E-state index in [9.17, 15) is 0 Å². The largest absolute Gasteiger partial charge is 0.352 e. The summed E-state index contributed by atoms with van der Waals surface area (Å²) in [4.78, 5) is 22.2. The zero-order valence-electron chi connectivity index (χ0n) is 14.3. The molecular weight excluding hydrogens is 318 g/mol. The number of aromatic nitrogens is 8. The summed E-state index contributed by atoms with van der Waals surface area (Å²) in [6.07, 6.45) is 10.7. The van der Waals surface area contributed by atoms with Gasteiger partial charge in [0.05, 0.1) is 6.33 Å². The van der Waals surface area contributed by atoms with E-state index < -0.39 is 0 Å². The Hall–Kier alpha value is -3.23. The molecule has 0 aromatic carbocycles. The van der Waals surface area contributed by atoms with Crippen LogP contribution < -0.4 is 5.32 Å². The highest BCUT2D eigenvalue weighted by molar-refractivity contribution is 5.82. The summed E-state index contributed by atoms with van der Waals surface area (Å²) in [6, 6.07) is -0.259. The van der Waals surface area contributed by atoms with Gasteiger partial charge in [-0.15, -0.1) is 0 Å². The molecule has 25 heavy (non-hydrogen) atoms. The van der Waals surface area contributed by atoms with E-state index in [-0.39, 0.29) is 6.04 Å². The summed E-state index contributed by atoms with van der Waals surface area (Å²) < 4.78 is 5.92. The van der Waals surface area contributed by atoms with Crippen molar-refractivity contribution in [2.75, 3.05) is 5.32 Å². The molecule has 9 heteroatoms. The van der Waals surface area contributed by atoms with E-state index >= 15 is 0 Å². The summed E-state index contributed by atoms with van der Waals surface area (Å²) in [6.45, 7) is 2.86. The molecule has 0 bridgehead atoms. The van der Waals surface area contributed by atoms with Crippen LogP contribution in [0, 0.1) is 0 Å². The monoisotopic (exact) mass is 337 g/mol. The van der Waals surface area contributed by atoms with E-state index in [0.29, 0.717) is 5.82 Å². The minimum Gasteiger partial charge on any atom is -0.352 e. The van der Waals surface area contributed by atoms with Crippen molar-refractivity contribution >= 4 is 17.0 Å². The molecule has 0 aliphatic heterocycles. The molecule has 4 heterocycles. The number of imidazole rings is 3. The third-order valence-corrected chi connectivity index (χ3v) is 4.26. The SMILES string of the molecule is CCn1cnc2c(NC(c3nccn3C)c3nccn3C)ncnc21. The Morgan fingerprint density at radius 2 is 1.64 bits per heavy atom. The Morgan fingerprint density at radius 1 is 0.960 bits per heavy atom. The standard InChI is InChI=1S/C16H19N9/c1-4-25-10-21-11-13(19-9-20-16(11)25)22-12(14-17-5-7-23(14)2)15-18-6-8-24(15)3/h5-10,12H,4H2,1-3H3,(H,19,20,22). The van der Waals surface area contributed by atoms with Gasteiger partial charge in [0.15, 0.2) is 11.5 Å². The lowest BCUT2D eigenvalue weighted by atomic mass is 10.2. The lowest BCUT2D eigenvalue weighted by Gasteiger charge is -2.19.